The summed E-state index contributed by atoms with van der Waals surface area (Å²) in [6.45, 7) is 0. The van der Waals surface area contributed by atoms with Crippen LogP contribution in [0.1, 0.15) is 5.56 Å². The Morgan fingerprint density at radius 1 is 1.00 bits per heavy atom. The first-order valence-corrected chi connectivity index (χ1v) is 8.53. The molecule has 3 nitrogen and oxygen atoms in total. The summed E-state index contributed by atoms with van der Waals surface area (Å²) in [6.07, 6.45) is 0.955. The van der Waals surface area contributed by atoms with E-state index in [9.17, 15) is 4.79 Å². The van der Waals surface area contributed by atoms with Gasteiger partial charge >= 0.3 is 0 Å². The van der Waals surface area contributed by atoms with E-state index in [4.69, 9.17) is 0 Å². The zero-order valence-corrected chi connectivity index (χ0v) is 13.8. The molecule has 0 saturated carbocycles. The van der Waals surface area contributed by atoms with Gasteiger partial charge in [0.05, 0.1) is 5.69 Å². The van der Waals surface area contributed by atoms with Gasteiger partial charge < -0.3 is 0 Å². The summed E-state index contributed by atoms with van der Waals surface area (Å²) >= 11 is 1.62. The summed E-state index contributed by atoms with van der Waals surface area (Å²) in [7, 11) is 1.77. The molecule has 0 spiro atoms. The van der Waals surface area contributed by atoms with E-state index in [0.29, 0.717) is 0 Å². The summed E-state index contributed by atoms with van der Waals surface area (Å²) in [6, 6.07) is 21.8. The summed E-state index contributed by atoms with van der Waals surface area (Å²) in [5, 5.41) is 0.757. The van der Waals surface area contributed by atoms with E-state index >= 15 is 0 Å². The first-order valence-electron chi connectivity index (χ1n) is 7.54. The van der Waals surface area contributed by atoms with Gasteiger partial charge in [-0.2, -0.15) is 0 Å². The highest BCUT2D eigenvalue weighted by Crippen LogP contribution is 2.20. The first kappa shape index (κ1) is 15.6. The van der Waals surface area contributed by atoms with Crippen LogP contribution in [0.4, 0.5) is 0 Å². The monoisotopic (exact) mass is 322 g/mol. The van der Waals surface area contributed by atoms with Gasteiger partial charge in [-0.05, 0) is 12.0 Å². The topological polar surface area (TPSA) is 34.9 Å². The molecule has 0 N–H and O–H groups in total. The van der Waals surface area contributed by atoms with Crippen molar-refractivity contribution in [2.45, 2.75) is 11.6 Å². The zero-order valence-electron chi connectivity index (χ0n) is 13.0. The molecule has 116 valence electrons. The maximum atomic E-state index is 12.2. The van der Waals surface area contributed by atoms with Gasteiger partial charge in [-0.25, -0.2) is 4.98 Å². The van der Waals surface area contributed by atoms with Crippen LogP contribution < -0.4 is 5.56 Å². The van der Waals surface area contributed by atoms with Crippen molar-refractivity contribution in [1.29, 1.82) is 0 Å². The van der Waals surface area contributed by atoms with Crippen LogP contribution in [-0.2, 0) is 13.5 Å². The van der Waals surface area contributed by atoms with E-state index in [1.165, 1.54) is 5.56 Å². The highest BCUT2D eigenvalue weighted by Gasteiger charge is 2.08. The fourth-order valence-corrected chi connectivity index (χ4v) is 3.28. The molecule has 4 heteroatoms. The Hall–Kier alpha value is -2.33. The molecule has 0 amide bonds. The van der Waals surface area contributed by atoms with Crippen LogP contribution >= 0.6 is 11.8 Å². The number of aromatic nitrogens is 2. The number of hydrogen-bond acceptors (Lipinski definition) is 3. The van der Waals surface area contributed by atoms with Crippen molar-refractivity contribution in [1.82, 2.24) is 9.55 Å². The highest BCUT2D eigenvalue weighted by atomic mass is 32.2. The van der Waals surface area contributed by atoms with E-state index in [0.717, 1.165) is 28.6 Å². The number of rotatable bonds is 5. The zero-order chi connectivity index (χ0) is 16.1. The maximum Gasteiger partial charge on any atom is 0.254 e. The first-order chi connectivity index (χ1) is 11.2. The van der Waals surface area contributed by atoms with Gasteiger partial charge in [0.15, 0.2) is 5.16 Å². The van der Waals surface area contributed by atoms with Crippen molar-refractivity contribution < 1.29 is 0 Å². The van der Waals surface area contributed by atoms with Crippen molar-refractivity contribution in [2.24, 2.45) is 7.05 Å². The standard InChI is InChI=1S/C19H18N2OS/c1-21-18(22)14-17(16-10-6-3-7-11-16)20-19(21)23-13-12-15-8-4-2-5-9-15/h2-11,14H,12-13H2,1H3. The second-order valence-corrected chi connectivity index (χ2v) is 6.33. The van der Waals surface area contributed by atoms with Crippen molar-refractivity contribution in [3.05, 3.63) is 82.6 Å². The van der Waals surface area contributed by atoms with Crippen LogP contribution in [0.25, 0.3) is 11.3 Å². The minimum absolute atomic E-state index is 0.0268. The van der Waals surface area contributed by atoms with E-state index in [2.05, 4.69) is 17.1 Å². The molecule has 3 aromatic rings. The van der Waals surface area contributed by atoms with Crippen molar-refractivity contribution >= 4 is 11.8 Å². The number of benzene rings is 2. The SMILES string of the molecule is Cn1c(SCCc2ccccc2)nc(-c2ccccc2)cc1=O. The normalized spacial score (nSPS) is 10.7. The lowest BCUT2D eigenvalue weighted by Crippen LogP contribution is -2.19. The number of aryl methyl sites for hydroxylation is 1. The number of hydrogen-bond donors (Lipinski definition) is 0. The fourth-order valence-electron chi connectivity index (χ4n) is 2.31. The maximum absolute atomic E-state index is 12.2. The molecule has 0 aliphatic rings. The molecule has 0 aliphatic heterocycles. The molecule has 0 unspecified atom stereocenters. The summed E-state index contributed by atoms with van der Waals surface area (Å²) in [5.74, 6) is 0.891. The van der Waals surface area contributed by atoms with Crippen LogP contribution in [0.15, 0.2) is 76.7 Å². The smallest absolute Gasteiger partial charge is 0.254 e. The van der Waals surface area contributed by atoms with Crippen LogP contribution in [0.5, 0.6) is 0 Å². The van der Waals surface area contributed by atoms with Crippen molar-refractivity contribution in [2.75, 3.05) is 5.75 Å². The van der Waals surface area contributed by atoms with Crippen LogP contribution in [-0.4, -0.2) is 15.3 Å². The van der Waals surface area contributed by atoms with Crippen molar-refractivity contribution in [3.8, 4) is 11.3 Å². The molecule has 0 atom stereocenters. The number of thioether (sulfide) groups is 1. The Morgan fingerprint density at radius 3 is 2.35 bits per heavy atom. The summed E-state index contributed by atoms with van der Waals surface area (Å²) in [5.41, 5.74) is 2.97. The molecular weight excluding hydrogens is 304 g/mol. The summed E-state index contributed by atoms with van der Waals surface area (Å²) in [4.78, 5) is 16.8. The minimum Gasteiger partial charge on any atom is -0.291 e. The van der Waals surface area contributed by atoms with E-state index in [1.54, 1.807) is 29.4 Å². The predicted molar refractivity (Wildman–Crippen MR) is 95.8 cm³/mol. The molecule has 0 saturated heterocycles. The Bertz CT molecular complexity index is 829. The lowest BCUT2D eigenvalue weighted by atomic mass is 10.1. The third kappa shape index (κ3) is 3.90. The lowest BCUT2D eigenvalue weighted by Gasteiger charge is -2.09. The Balaban J connectivity index is 1.79. The molecule has 1 heterocycles. The van der Waals surface area contributed by atoms with Gasteiger partial charge in [0.25, 0.3) is 5.56 Å². The Labute approximate surface area is 140 Å². The average molecular weight is 322 g/mol. The molecule has 1 aromatic heterocycles. The largest absolute Gasteiger partial charge is 0.291 e. The van der Waals surface area contributed by atoms with Gasteiger partial charge in [-0.3, -0.25) is 9.36 Å². The molecule has 3 rings (SSSR count). The van der Waals surface area contributed by atoms with E-state index < -0.39 is 0 Å². The van der Waals surface area contributed by atoms with Crippen LogP contribution in [0.2, 0.25) is 0 Å². The third-order valence-corrected chi connectivity index (χ3v) is 4.66. The quantitative estimate of drug-likeness (QED) is 0.529. The molecule has 23 heavy (non-hydrogen) atoms. The van der Waals surface area contributed by atoms with Gasteiger partial charge in [0, 0.05) is 24.4 Å². The Morgan fingerprint density at radius 2 is 1.65 bits per heavy atom. The Kier molecular flexibility index (Phi) is 4.93. The predicted octanol–water partition coefficient (Wildman–Crippen LogP) is 3.78. The van der Waals surface area contributed by atoms with Crippen molar-refractivity contribution in [3.63, 3.8) is 0 Å². The summed E-state index contributed by atoms with van der Waals surface area (Å²) < 4.78 is 1.61. The molecule has 0 bridgehead atoms. The van der Waals surface area contributed by atoms with E-state index in [1.807, 2.05) is 48.5 Å². The fraction of sp³-hybridized carbons (Fsp3) is 0.158. The molecule has 0 aliphatic carbocycles. The van der Waals surface area contributed by atoms with Gasteiger partial charge in [-0.1, -0.05) is 72.4 Å². The minimum atomic E-state index is -0.0268. The average Bonchev–Trinajstić information content (AvgIpc) is 2.60. The molecular formula is C19H18N2OS. The van der Waals surface area contributed by atoms with Gasteiger partial charge in [0.1, 0.15) is 0 Å². The second kappa shape index (κ2) is 7.29. The van der Waals surface area contributed by atoms with Gasteiger partial charge in [-0.15, -0.1) is 0 Å². The highest BCUT2D eigenvalue weighted by molar-refractivity contribution is 7.99. The van der Waals surface area contributed by atoms with Gasteiger partial charge in [0.2, 0.25) is 0 Å². The molecule has 0 radical (unpaired) electrons. The molecule has 2 aromatic carbocycles. The number of nitrogens with zero attached hydrogens (tertiary/aromatic N) is 2. The van der Waals surface area contributed by atoms with E-state index in [-0.39, 0.29) is 5.56 Å². The second-order valence-electron chi connectivity index (χ2n) is 5.27. The lowest BCUT2D eigenvalue weighted by molar-refractivity contribution is 0.711. The third-order valence-electron chi connectivity index (χ3n) is 3.63. The molecule has 0 fully saturated rings. The van der Waals surface area contributed by atoms with Crippen LogP contribution in [0, 0.1) is 0 Å². The van der Waals surface area contributed by atoms with Crippen LogP contribution in [0.3, 0.4) is 0 Å².